The summed E-state index contributed by atoms with van der Waals surface area (Å²) in [6.07, 6.45) is 4.76. The van der Waals surface area contributed by atoms with Gasteiger partial charge in [-0.25, -0.2) is 0 Å². The molecule has 0 aromatic heterocycles. The van der Waals surface area contributed by atoms with Crippen molar-refractivity contribution in [3.8, 4) is 11.5 Å². The van der Waals surface area contributed by atoms with Gasteiger partial charge in [-0.3, -0.25) is 0 Å². The van der Waals surface area contributed by atoms with E-state index in [-0.39, 0.29) is 0 Å². The molecule has 0 spiro atoms. The number of halogens is 1. The zero-order valence-corrected chi connectivity index (χ0v) is 12.0. The van der Waals surface area contributed by atoms with Gasteiger partial charge >= 0.3 is 0 Å². The summed E-state index contributed by atoms with van der Waals surface area (Å²) >= 11 is 3.52. The number of hydrogen-bond acceptors (Lipinski definition) is 3. The smallest absolute Gasteiger partial charge is 0.144 e. The maximum absolute atomic E-state index is 5.47. The Labute approximate surface area is 111 Å². The van der Waals surface area contributed by atoms with Crippen molar-refractivity contribution in [2.45, 2.75) is 13.3 Å². The van der Waals surface area contributed by atoms with Crippen LogP contribution in [0, 0.1) is 0 Å². The lowest BCUT2D eigenvalue weighted by Crippen LogP contribution is -1.98. The van der Waals surface area contributed by atoms with Gasteiger partial charge in [0.15, 0.2) is 0 Å². The number of methoxy groups -OCH3 is 2. The molecule has 0 atom stereocenters. The first-order valence-electron chi connectivity index (χ1n) is 5.49. The van der Waals surface area contributed by atoms with Crippen LogP contribution in [0.1, 0.15) is 18.1 Å². The first-order valence-corrected chi connectivity index (χ1v) is 6.28. The number of nitrogens with two attached hydrogens (primary N) is 1. The zero-order chi connectivity index (χ0) is 12.8. The van der Waals surface area contributed by atoms with Crippen LogP contribution in [0.25, 0.3) is 6.08 Å². The Morgan fingerprint density at radius 2 is 1.94 bits per heavy atom. The number of aryl methyl sites for hydroxylation is 1. The van der Waals surface area contributed by atoms with E-state index in [2.05, 4.69) is 28.9 Å². The van der Waals surface area contributed by atoms with E-state index in [1.54, 1.807) is 14.2 Å². The minimum Gasteiger partial charge on any atom is -0.495 e. The Morgan fingerprint density at radius 1 is 1.29 bits per heavy atom. The minimum atomic E-state index is 0.508. The average molecular weight is 300 g/mol. The normalized spacial score (nSPS) is 10.9. The van der Waals surface area contributed by atoms with Crippen LogP contribution in [0.15, 0.2) is 16.6 Å². The summed E-state index contributed by atoms with van der Waals surface area (Å²) < 4.78 is 11.6. The molecule has 0 aliphatic rings. The van der Waals surface area contributed by atoms with Gasteiger partial charge in [0.25, 0.3) is 0 Å². The molecule has 0 heterocycles. The average Bonchev–Trinajstić information content (AvgIpc) is 2.35. The number of benzene rings is 1. The lowest BCUT2D eigenvalue weighted by molar-refractivity contribution is 0.386. The monoisotopic (exact) mass is 299 g/mol. The van der Waals surface area contributed by atoms with E-state index < -0.39 is 0 Å². The van der Waals surface area contributed by atoms with Gasteiger partial charge in [-0.1, -0.05) is 19.1 Å². The van der Waals surface area contributed by atoms with E-state index in [4.69, 9.17) is 15.2 Å². The summed E-state index contributed by atoms with van der Waals surface area (Å²) in [7, 11) is 3.30. The number of rotatable bonds is 5. The highest BCUT2D eigenvalue weighted by Crippen LogP contribution is 2.40. The Hall–Kier alpha value is -1.00. The molecule has 0 aliphatic carbocycles. The van der Waals surface area contributed by atoms with Crippen LogP contribution in [0.3, 0.4) is 0 Å². The molecule has 1 rings (SSSR count). The van der Waals surface area contributed by atoms with Gasteiger partial charge in [0.2, 0.25) is 0 Å². The van der Waals surface area contributed by atoms with Crippen LogP contribution >= 0.6 is 15.9 Å². The van der Waals surface area contributed by atoms with Gasteiger partial charge in [0.05, 0.1) is 14.2 Å². The quantitative estimate of drug-likeness (QED) is 0.909. The maximum atomic E-state index is 5.47. The molecule has 1 aromatic rings. The van der Waals surface area contributed by atoms with Crippen molar-refractivity contribution in [2.24, 2.45) is 5.73 Å². The van der Waals surface area contributed by atoms with E-state index in [1.165, 1.54) is 0 Å². The summed E-state index contributed by atoms with van der Waals surface area (Å²) in [6.45, 7) is 2.60. The first-order chi connectivity index (χ1) is 8.19. The largest absolute Gasteiger partial charge is 0.495 e. The van der Waals surface area contributed by atoms with E-state index in [0.29, 0.717) is 6.54 Å². The summed E-state index contributed by atoms with van der Waals surface area (Å²) in [5, 5.41) is 0. The first kappa shape index (κ1) is 14.1. The van der Waals surface area contributed by atoms with Crippen molar-refractivity contribution in [1.29, 1.82) is 0 Å². The molecule has 17 heavy (non-hydrogen) atoms. The van der Waals surface area contributed by atoms with E-state index in [9.17, 15) is 0 Å². The third kappa shape index (κ3) is 3.01. The summed E-state index contributed by atoms with van der Waals surface area (Å²) in [6, 6.07) is 2.06. The fourth-order valence-electron chi connectivity index (χ4n) is 1.70. The lowest BCUT2D eigenvalue weighted by Gasteiger charge is -2.15. The fraction of sp³-hybridized carbons (Fsp3) is 0.385. The zero-order valence-electron chi connectivity index (χ0n) is 10.4. The summed E-state index contributed by atoms with van der Waals surface area (Å²) in [5.41, 5.74) is 7.61. The summed E-state index contributed by atoms with van der Waals surface area (Å²) in [5.74, 6) is 1.60. The molecule has 0 radical (unpaired) electrons. The van der Waals surface area contributed by atoms with Crippen LogP contribution in [0.2, 0.25) is 0 Å². The van der Waals surface area contributed by atoms with Gasteiger partial charge in [-0.05, 0) is 34.0 Å². The second-order valence-corrected chi connectivity index (χ2v) is 4.29. The van der Waals surface area contributed by atoms with Crippen molar-refractivity contribution < 1.29 is 9.47 Å². The molecule has 0 saturated carbocycles. The van der Waals surface area contributed by atoms with Crippen LogP contribution < -0.4 is 15.2 Å². The van der Waals surface area contributed by atoms with Crippen molar-refractivity contribution in [2.75, 3.05) is 20.8 Å². The molecule has 0 bridgehead atoms. The third-order valence-corrected chi connectivity index (χ3v) is 3.23. The van der Waals surface area contributed by atoms with Crippen molar-refractivity contribution in [1.82, 2.24) is 0 Å². The van der Waals surface area contributed by atoms with Gasteiger partial charge in [0, 0.05) is 12.1 Å². The highest BCUT2D eigenvalue weighted by atomic mass is 79.9. The molecule has 3 nitrogen and oxygen atoms in total. The lowest BCUT2D eigenvalue weighted by atomic mass is 10.1. The maximum Gasteiger partial charge on any atom is 0.144 e. The number of ether oxygens (including phenoxy) is 2. The van der Waals surface area contributed by atoms with E-state index in [0.717, 1.165) is 33.5 Å². The Bertz CT molecular complexity index is 416. The van der Waals surface area contributed by atoms with E-state index in [1.807, 2.05) is 12.2 Å². The predicted molar refractivity (Wildman–Crippen MR) is 74.7 cm³/mol. The third-order valence-electron chi connectivity index (χ3n) is 2.50. The van der Waals surface area contributed by atoms with Gasteiger partial charge < -0.3 is 15.2 Å². The molecular weight excluding hydrogens is 282 g/mol. The van der Waals surface area contributed by atoms with Gasteiger partial charge in [-0.2, -0.15) is 0 Å². The molecule has 4 heteroatoms. The fourth-order valence-corrected chi connectivity index (χ4v) is 2.51. The Balaban J connectivity index is 3.39. The Kier molecular flexibility index (Phi) is 5.51. The van der Waals surface area contributed by atoms with Crippen molar-refractivity contribution in [3.05, 3.63) is 27.7 Å². The molecule has 1 aromatic carbocycles. The standard InChI is InChI=1S/C13H18BrNO2/c1-4-9-8-10(6-5-7-15)13(17-3)11(14)12(9)16-2/h5-6,8H,4,7,15H2,1-3H3/b6-5+. The SMILES string of the molecule is CCc1cc(/C=C/CN)c(OC)c(Br)c1OC. The molecule has 0 fully saturated rings. The summed E-state index contributed by atoms with van der Waals surface area (Å²) in [4.78, 5) is 0. The highest BCUT2D eigenvalue weighted by Gasteiger charge is 2.15. The van der Waals surface area contributed by atoms with Gasteiger partial charge in [-0.15, -0.1) is 0 Å². The van der Waals surface area contributed by atoms with Crippen LogP contribution in [-0.2, 0) is 6.42 Å². The van der Waals surface area contributed by atoms with Gasteiger partial charge in [0.1, 0.15) is 16.0 Å². The molecule has 0 saturated heterocycles. The van der Waals surface area contributed by atoms with Crippen LogP contribution in [0.5, 0.6) is 11.5 Å². The molecular formula is C13H18BrNO2. The molecule has 0 unspecified atom stereocenters. The van der Waals surface area contributed by atoms with E-state index >= 15 is 0 Å². The highest BCUT2D eigenvalue weighted by molar-refractivity contribution is 9.10. The number of hydrogen-bond donors (Lipinski definition) is 1. The molecule has 0 aliphatic heterocycles. The van der Waals surface area contributed by atoms with Crippen molar-refractivity contribution in [3.63, 3.8) is 0 Å². The van der Waals surface area contributed by atoms with Crippen LogP contribution in [-0.4, -0.2) is 20.8 Å². The second kappa shape index (κ2) is 6.67. The van der Waals surface area contributed by atoms with Crippen LogP contribution in [0.4, 0.5) is 0 Å². The Morgan fingerprint density at radius 3 is 2.41 bits per heavy atom. The second-order valence-electron chi connectivity index (χ2n) is 3.50. The topological polar surface area (TPSA) is 44.5 Å². The van der Waals surface area contributed by atoms with Crippen molar-refractivity contribution >= 4 is 22.0 Å². The molecule has 94 valence electrons. The minimum absolute atomic E-state index is 0.508. The molecule has 0 amide bonds. The predicted octanol–water partition coefficient (Wildman–Crippen LogP) is 3.00. The molecule has 2 N–H and O–H groups in total.